The fourth-order valence-corrected chi connectivity index (χ4v) is 2.37. The molecule has 0 radical (unpaired) electrons. The van der Waals surface area contributed by atoms with E-state index in [-0.39, 0.29) is 5.56 Å². The Kier molecular flexibility index (Phi) is 4.70. The summed E-state index contributed by atoms with van der Waals surface area (Å²) in [6.45, 7) is 2.01. The van der Waals surface area contributed by atoms with Crippen molar-refractivity contribution in [1.82, 2.24) is 0 Å². The van der Waals surface area contributed by atoms with E-state index in [2.05, 4.69) is 20.9 Å². The Balaban J connectivity index is 2.44. The van der Waals surface area contributed by atoms with Crippen molar-refractivity contribution >= 4 is 33.5 Å². The summed E-state index contributed by atoms with van der Waals surface area (Å²) in [5.41, 5.74) is 1.52. The van der Waals surface area contributed by atoms with E-state index in [1.165, 1.54) is 18.3 Å². The van der Waals surface area contributed by atoms with Gasteiger partial charge < -0.3 is 5.11 Å². The highest BCUT2D eigenvalue weighted by Crippen LogP contribution is 2.30. The third-order valence-corrected chi connectivity index (χ3v) is 3.43. The highest BCUT2D eigenvalue weighted by molar-refractivity contribution is 9.10. The monoisotopic (exact) mass is 347 g/mol. The Labute approximate surface area is 130 Å². The minimum absolute atomic E-state index is 0.182. The Morgan fingerprint density at radius 2 is 2.05 bits per heavy atom. The molecule has 0 atom stereocenters. The minimum atomic E-state index is -0.690. The van der Waals surface area contributed by atoms with Gasteiger partial charge in [-0.15, -0.1) is 0 Å². The zero-order valence-corrected chi connectivity index (χ0v) is 12.8. The number of nitro benzene ring substituents is 1. The van der Waals surface area contributed by atoms with Gasteiger partial charge in [-0.3, -0.25) is 15.1 Å². The Morgan fingerprint density at radius 1 is 1.33 bits per heavy atom. The maximum atomic E-state index is 12.0. The maximum absolute atomic E-state index is 12.0. The molecule has 2 aromatic carbocycles. The van der Waals surface area contributed by atoms with Gasteiger partial charge in [-0.25, -0.2) is 0 Å². The molecule has 2 aromatic rings. The molecular formula is C15H12BrN2O3-. The molecule has 2 rings (SSSR count). The number of para-hydroxylation sites is 1. The molecule has 0 heterocycles. The van der Waals surface area contributed by atoms with Crippen LogP contribution in [0.5, 0.6) is 5.75 Å². The summed E-state index contributed by atoms with van der Waals surface area (Å²) in [4.78, 5) is 14.4. The molecule has 0 aliphatic rings. The van der Waals surface area contributed by atoms with Crippen LogP contribution in [0.1, 0.15) is 18.1 Å². The standard InChI is InChI=1S/C15H13BrN2O3/c1-2-10-5-3-4-6-13(10)17-9-11-7-12(16)8-14(15(11)19)18(20)21/h3-9,19H,2H2,1H3/p-1. The second kappa shape index (κ2) is 6.49. The second-order valence-corrected chi connectivity index (χ2v) is 5.26. The second-order valence-electron chi connectivity index (χ2n) is 4.34. The molecule has 0 aromatic heterocycles. The molecule has 0 unspecified atom stereocenters. The number of hydrogen-bond acceptors (Lipinski definition) is 4. The lowest BCUT2D eigenvalue weighted by molar-refractivity contribution is -0.398. The van der Waals surface area contributed by atoms with Gasteiger partial charge >= 0.3 is 0 Å². The van der Waals surface area contributed by atoms with Crippen molar-refractivity contribution in [3.63, 3.8) is 0 Å². The van der Waals surface area contributed by atoms with Crippen LogP contribution in [0.25, 0.3) is 0 Å². The van der Waals surface area contributed by atoms with E-state index in [0.29, 0.717) is 4.47 Å². The lowest BCUT2D eigenvalue weighted by atomic mass is 10.1. The first-order chi connectivity index (χ1) is 10.0. The van der Waals surface area contributed by atoms with E-state index >= 15 is 0 Å². The minimum Gasteiger partial charge on any atom is -0.867 e. The summed E-state index contributed by atoms with van der Waals surface area (Å²) in [5, 5.41) is 22.8. The average Bonchev–Trinajstić information content (AvgIpc) is 2.47. The number of aryl methyl sites for hydroxylation is 1. The highest BCUT2D eigenvalue weighted by atomic mass is 79.9. The fraction of sp³-hybridized carbons (Fsp3) is 0.133. The van der Waals surface area contributed by atoms with Crippen LogP contribution in [-0.2, 0) is 6.42 Å². The molecule has 0 bridgehead atoms. The van der Waals surface area contributed by atoms with E-state index < -0.39 is 16.4 Å². The van der Waals surface area contributed by atoms with E-state index in [9.17, 15) is 15.2 Å². The molecule has 6 heteroatoms. The summed E-state index contributed by atoms with van der Waals surface area (Å²) in [6.07, 6.45) is 2.19. The summed E-state index contributed by atoms with van der Waals surface area (Å²) >= 11 is 3.16. The van der Waals surface area contributed by atoms with Crippen molar-refractivity contribution in [3.8, 4) is 5.75 Å². The highest BCUT2D eigenvalue weighted by Gasteiger charge is 2.11. The third-order valence-electron chi connectivity index (χ3n) is 2.97. The molecule has 0 spiro atoms. The van der Waals surface area contributed by atoms with Crippen molar-refractivity contribution in [2.75, 3.05) is 0 Å². The smallest absolute Gasteiger partial charge is 0.263 e. The van der Waals surface area contributed by atoms with Crippen molar-refractivity contribution in [2.24, 2.45) is 4.99 Å². The van der Waals surface area contributed by atoms with E-state index in [1.807, 2.05) is 31.2 Å². The molecule has 0 N–H and O–H groups in total. The Bertz CT molecular complexity index is 714. The van der Waals surface area contributed by atoms with Crippen LogP contribution in [0.3, 0.4) is 0 Å². The molecule has 0 fully saturated rings. The molecule has 0 amide bonds. The van der Waals surface area contributed by atoms with Gasteiger partial charge in [0.2, 0.25) is 0 Å². The molecule has 21 heavy (non-hydrogen) atoms. The van der Waals surface area contributed by atoms with Gasteiger partial charge in [0.15, 0.2) is 0 Å². The lowest BCUT2D eigenvalue weighted by Crippen LogP contribution is -2.02. The largest absolute Gasteiger partial charge is 0.867 e. The number of nitro groups is 1. The average molecular weight is 348 g/mol. The first-order valence-corrected chi connectivity index (χ1v) is 7.09. The summed E-state index contributed by atoms with van der Waals surface area (Å²) in [5.74, 6) is -0.638. The predicted octanol–water partition coefficient (Wildman–Crippen LogP) is 3.74. The van der Waals surface area contributed by atoms with Gasteiger partial charge in [0.1, 0.15) is 0 Å². The van der Waals surface area contributed by atoms with Gasteiger partial charge in [0, 0.05) is 16.8 Å². The van der Waals surface area contributed by atoms with Crippen LogP contribution in [0.4, 0.5) is 11.4 Å². The zero-order valence-electron chi connectivity index (χ0n) is 11.2. The number of rotatable bonds is 4. The molecule has 0 saturated heterocycles. The molecule has 108 valence electrons. The molecular weight excluding hydrogens is 336 g/mol. The van der Waals surface area contributed by atoms with Crippen molar-refractivity contribution in [1.29, 1.82) is 0 Å². The van der Waals surface area contributed by atoms with Crippen LogP contribution in [0, 0.1) is 10.1 Å². The van der Waals surface area contributed by atoms with Gasteiger partial charge in [0.25, 0.3) is 5.69 Å². The van der Waals surface area contributed by atoms with Crippen LogP contribution in [0.2, 0.25) is 0 Å². The van der Waals surface area contributed by atoms with Crippen LogP contribution < -0.4 is 5.11 Å². The third kappa shape index (κ3) is 3.46. The van der Waals surface area contributed by atoms with Crippen LogP contribution >= 0.6 is 15.9 Å². The van der Waals surface area contributed by atoms with Gasteiger partial charge in [-0.2, -0.15) is 0 Å². The first-order valence-electron chi connectivity index (χ1n) is 6.30. The van der Waals surface area contributed by atoms with Crippen LogP contribution in [0.15, 0.2) is 45.9 Å². The zero-order chi connectivity index (χ0) is 15.4. The first kappa shape index (κ1) is 15.2. The van der Waals surface area contributed by atoms with E-state index in [1.54, 1.807) is 0 Å². The van der Waals surface area contributed by atoms with Gasteiger partial charge in [-0.05, 0) is 35.4 Å². The predicted molar refractivity (Wildman–Crippen MR) is 83.3 cm³/mol. The maximum Gasteiger partial charge on any atom is 0.263 e. The quantitative estimate of drug-likeness (QED) is 0.480. The number of hydrogen-bond donors (Lipinski definition) is 0. The lowest BCUT2D eigenvalue weighted by Gasteiger charge is -2.11. The number of aliphatic imine (C=N–C) groups is 1. The van der Waals surface area contributed by atoms with Crippen molar-refractivity contribution < 1.29 is 10.0 Å². The molecule has 5 nitrogen and oxygen atoms in total. The van der Waals surface area contributed by atoms with E-state index in [0.717, 1.165) is 17.7 Å². The SMILES string of the molecule is CCc1ccccc1N=Cc1cc(Br)cc([N+](=O)[O-])c1[O-]. The summed E-state index contributed by atoms with van der Waals surface area (Å²) < 4.78 is 0.471. The molecule has 0 aliphatic carbocycles. The van der Waals surface area contributed by atoms with E-state index in [4.69, 9.17) is 0 Å². The fourth-order valence-electron chi connectivity index (χ4n) is 1.91. The number of nitrogens with zero attached hydrogens (tertiary/aromatic N) is 2. The number of halogens is 1. The van der Waals surface area contributed by atoms with Crippen molar-refractivity contribution in [2.45, 2.75) is 13.3 Å². The normalized spacial score (nSPS) is 11.0. The van der Waals surface area contributed by atoms with Crippen LogP contribution in [-0.4, -0.2) is 11.1 Å². The Hall–Kier alpha value is -2.21. The molecule has 0 saturated carbocycles. The van der Waals surface area contributed by atoms with Crippen molar-refractivity contribution in [3.05, 3.63) is 62.1 Å². The molecule has 0 aliphatic heterocycles. The topological polar surface area (TPSA) is 78.6 Å². The summed E-state index contributed by atoms with van der Waals surface area (Å²) in [6, 6.07) is 10.3. The van der Waals surface area contributed by atoms with Gasteiger partial charge in [0.05, 0.1) is 10.6 Å². The van der Waals surface area contributed by atoms with Gasteiger partial charge in [-0.1, -0.05) is 41.1 Å². The number of benzene rings is 2. The Morgan fingerprint density at radius 3 is 2.71 bits per heavy atom. The summed E-state index contributed by atoms with van der Waals surface area (Å²) in [7, 11) is 0.